The van der Waals surface area contributed by atoms with Crippen LogP contribution in [0.2, 0.25) is 0 Å². The summed E-state index contributed by atoms with van der Waals surface area (Å²) in [7, 11) is 0. The summed E-state index contributed by atoms with van der Waals surface area (Å²) in [5.74, 6) is -2.56. The number of amides is 1. The molecule has 0 fully saturated rings. The highest BCUT2D eigenvalue weighted by atomic mass is 16.4. The Balaban J connectivity index is 0. The molecule has 0 heterocycles. The van der Waals surface area contributed by atoms with Gasteiger partial charge in [0.25, 0.3) is 0 Å². The van der Waals surface area contributed by atoms with E-state index in [9.17, 15) is 14.4 Å². The Kier molecular flexibility index (Phi) is 29.1. The highest BCUT2D eigenvalue weighted by molar-refractivity contribution is 5.83. The van der Waals surface area contributed by atoms with E-state index in [1.807, 2.05) is 0 Å². The number of carbonyl (C=O) groups is 3. The third-order valence-electron chi connectivity index (χ3n) is 6.04. The van der Waals surface area contributed by atoms with Crippen LogP contribution >= 0.6 is 0 Å². The normalized spacial score (nSPS) is 11.6. The second-order valence-electron chi connectivity index (χ2n) is 9.40. The smallest absolute Gasteiger partial charge is 0.326 e. The van der Waals surface area contributed by atoms with Crippen LogP contribution in [0, 0.1) is 0 Å². The highest BCUT2D eigenvalue weighted by Gasteiger charge is 2.20. The molecule has 37 heavy (non-hydrogen) atoms. The summed E-state index contributed by atoms with van der Waals surface area (Å²) in [5.41, 5.74) is 0. The van der Waals surface area contributed by atoms with E-state index in [0.29, 0.717) is 26.1 Å². The number of nitrogens with zero attached hydrogens (tertiary/aromatic N) is 1. The summed E-state index contributed by atoms with van der Waals surface area (Å²) in [6, 6.07) is -1.12. The van der Waals surface area contributed by atoms with Crippen molar-refractivity contribution in [3.05, 3.63) is 0 Å². The van der Waals surface area contributed by atoms with Crippen molar-refractivity contribution < 1.29 is 39.9 Å². The van der Waals surface area contributed by atoms with Gasteiger partial charge >= 0.3 is 11.9 Å². The van der Waals surface area contributed by atoms with Crippen molar-refractivity contribution in [1.82, 2.24) is 10.2 Å². The first kappa shape index (κ1) is 37.4. The molecule has 0 aromatic carbocycles. The lowest BCUT2D eigenvalue weighted by Gasteiger charge is -2.17. The average Bonchev–Trinajstić information content (AvgIpc) is 2.85. The molecule has 1 atom stereocenters. The summed E-state index contributed by atoms with van der Waals surface area (Å²) in [6.45, 7) is 3.99. The molecule has 0 aliphatic heterocycles. The fourth-order valence-electron chi connectivity index (χ4n) is 3.85. The summed E-state index contributed by atoms with van der Waals surface area (Å²) in [4.78, 5) is 35.1. The Labute approximate surface area is 223 Å². The van der Waals surface area contributed by atoms with Crippen LogP contribution in [0.4, 0.5) is 0 Å². The van der Waals surface area contributed by atoms with E-state index in [1.165, 1.54) is 64.2 Å². The summed E-state index contributed by atoms with van der Waals surface area (Å²) in [5, 5.41) is 45.5. The van der Waals surface area contributed by atoms with E-state index in [4.69, 9.17) is 25.5 Å². The Morgan fingerprint density at radius 1 is 0.649 bits per heavy atom. The quantitative estimate of drug-likeness (QED) is 0.0964. The van der Waals surface area contributed by atoms with E-state index < -0.39 is 18.0 Å². The minimum absolute atomic E-state index is 0.0694. The number of hydrogen-bond acceptors (Lipinski definition) is 7. The van der Waals surface area contributed by atoms with Crippen molar-refractivity contribution >= 4 is 17.8 Å². The Morgan fingerprint density at radius 2 is 1.05 bits per heavy atom. The number of nitrogens with one attached hydrogen (secondary N) is 1. The second kappa shape index (κ2) is 28.8. The third kappa shape index (κ3) is 28.7. The fraction of sp³-hybridized carbons (Fsp3) is 0.889. The number of hydrogen-bond donors (Lipinski definition) is 6. The summed E-state index contributed by atoms with van der Waals surface area (Å²) < 4.78 is 0. The minimum Gasteiger partial charge on any atom is -0.481 e. The maximum absolute atomic E-state index is 11.8. The van der Waals surface area contributed by atoms with Gasteiger partial charge in [0, 0.05) is 32.5 Å². The van der Waals surface area contributed by atoms with Crippen molar-refractivity contribution in [3.63, 3.8) is 0 Å². The van der Waals surface area contributed by atoms with Crippen molar-refractivity contribution in [2.24, 2.45) is 0 Å². The maximum atomic E-state index is 11.8. The van der Waals surface area contributed by atoms with Crippen LogP contribution in [0.5, 0.6) is 0 Å². The lowest BCUT2D eigenvalue weighted by molar-refractivity contribution is -0.143. The van der Waals surface area contributed by atoms with Crippen LogP contribution in [0.25, 0.3) is 0 Å². The Hall–Kier alpha value is -1.75. The van der Waals surface area contributed by atoms with Crippen molar-refractivity contribution in [2.45, 2.75) is 116 Å². The maximum Gasteiger partial charge on any atom is 0.326 e. The summed E-state index contributed by atoms with van der Waals surface area (Å²) in [6.07, 6.45) is 15.9. The molecule has 10 heteroatoms. The van der Waals surface area contributed by atoms with Crippen LogP contribution in [-0.4, -0.2) is 93.8 Å². The molecule has 0 aromatic rings. The molecule has 0 aliphatic carbocycles. The van der Waals surface area contributed by atoms with E-state index in [2.05, 4.69) is 12.2 Å². The van der Waals surface area contributed by atoms with Gasteiger partial charge in [-0.1, -0.05) is 84.0 Å². The number of carboxylic acid groups (broad SMARTS) is 2. The van der Waals surface area contributed by atoms with Gasteiger partial charge in [-0.15, -0.1) is 0 Å². The predicted octanol–water partition coefficient (Wildman–Crippen LogP) is 3.17. The van der Waals surface area contributed by atoms with Crippen LogP contribution < -0.4 is 5.32 Å². The third-order valence-corrected chi connectivity index (χ3v) is 6.04. The number of aliphatic carboxylic acids is 2. The van der Waals surface area contributed by atoms with Crippen LogP contribution in [0.1, 0.15) is 110 Å². The Morgan fingerprint density at radius 3 is 1.41 bits per heavy atom. The molecule has 0 rings (SSSR count). The zero-order valence-corrected chi connectivity index (χ0v) is 23.0. The molecule has 10 nitrogen and oxygen atoms in total. The second-order valence-corrected chi connectivity index (χ2v) is 9.40. The van der Waals surface area contributed by atoms with Gasteiger partial charge in [0.1, 0.15) is 6.04 Å². The van der Waals surface area contributed by atoms with Gasteiger partial charge in [-0.25, -0.2) is 4.79 Å². The number of aliphatic hydroxyl groups excluding tert-OH is 3. The van der Waals surface area contributed by atoms with Gasteiger partial charge in [-0.05, 0) is 12.8 Å². The molecule has 0 aliphatic rings. The van der Waals surface area contributed by atoms with Crippen molar-refractivity contribution in [3.8, 4) is 0 Å². The first-order valence-corrected chi connectivity index (χ1v) is 14.1. The molecule has 6 N–H and O–H groups in total. The molecule has 0 aromatic heterocycles. The molecule has 0 saturated heterocycles. The molecule has 0 radical (unpaired) electrons. The predicted molar refractivity (Wildman–Crippen MR) is 144 cm³/mol. The Bertz CT molecular complexity index is 534. The van der Waals surface area contributed by atoms with Crippen LogP contribution in [-0.2, 0) is 14.4 Å². The zero-order valence-electron chi connectivity index (χ0n) is 23.0. The summed E-state index contributed by atoms with van der Waals surface area (Å²) >= 11 is 0. The van der Waals surface area contributed by atoms with Gasteiger partial charge in [0.2, 0.25) is 5.91 Å². The largest absolute Gasteiger partial charge is 0.481 e. The fourth-order valence-corrected chi connectivity index (χ4v) is 3.85. The monoisotopic (exact) mass is 534 g/mol. The van der Waals surface area contributed by atoms with Gasteiger partial charge < -0.3 is 30.8 Å². The van der Waals surface area contributed by atoms with E-state index in [1.54, 1.807) is 4.90 Å². The van der Waals surface area contributed by atoms with E-state index >= 15 is 0 Å². The first-order valence-electron chi connectivity index (χ1n) is 14.1. The lowest BCUT2D eigenvalue weighted by atomic mass is 10.0. The number of carboxylic acids is 2. The minimum atomic E-state index is -1.19. The molecule has 0 bridgehead atoms. The number of unbranched alkanes of at least 4 members (excludes halogenated alkanes) is 12. The number of aliphatic hydroxyl groups is 3. The van der Waals surface area contributed by atoms with Gasteiger partial charge in [0.15, 0.2) is 0 Å². The van der Waals surface area contributed by atoms with Gasteiger partial charge in [-0.2, -0.15) is 0 Å². The molecule has 1 unspecified atom stereocenters. The standard InChI is InChI=1S/C21H39NO5.C6H15NO3/c1-2-3-4-5-6-7-8-9-10-11-12-13-14-15-19(23)22-18(21(26)27)16-17-20(24)25;8-4-1-7(2-5-9)3-6-10/h18H,2-17H2,1H3,(H,22,23)(H,24,25)(H,26,27);8-10H,1-6H2. The average molecular weight is 535 g/mol. The van der Waals surface area contributed by atoms with E-state index in [0.717, 1.165) is 19.3 Å². The van der Waals surface area contributed by atoms with Crippen LogP contribution in [0.3, 0.4) is 0 Å². The molecule has 1 amide bonds. The SMILES string of the molecule is CCCCCCCCCCCCCCCC(=O)NC(CCC(=O)O)C(=O)O.OCCN(CCO)CCO. The van der Waals surface area contributed by atoms with Crippen LogP contribution in [0.15, 0.2) is 0 Å². The van der Waals surface area contributed by atoms with Crippen molar-refractivity contribution in [2.75, 3.05) is 39.5 Å². The first-order chi connectivity index (χ1) is 17.8. The molecular formula is C27H54N2O8. The zero-order chi connectivity index (χ0) is 28.2. The molecular weight excluding hydrogens is 480 g/mol. The molecule has 220 valence electrons. The molecule has 0 spiro atoms. The van der Waals surface area contributed by atoms with Gasteiger partial charge in [0.05, 0.1) is 19.8 Å². The van der Waals surface area contributed by atoms with Gasteiger partial charge in [-0.3, -0.25) is 14.5 Å². The molecule has 0 saturated carbocycles. The highest BCUT2D eigenvalue weighted by Crippen LogP contribution is 2.13. The number of carbonyl (C=O) groups excluding carboxylic acids is 1. The topological polar surface area (TPSA) is 168 Å². The number of rotatable bonds is 25. The lowest BCUT2D eigenvalue weighted by Crippen LogP contribution is -2.41. The van der Waals surface area contributed by atoms with Crippen molar-refractivity contribution in [1.29, 1.82) is 0 Å². The van der Waals surface area contributed by atoms with E-state index in [-0.39, 0.29) is 38.6 Å².